The number of imidazole rings is 2. The lowest BCUT2D eigenvalue weighted by Crippen LogP contribution is -2.47. The highest BCUT2D eigenvalue weighted by molar-refractivity contribution is 6.30. The van der Waals surface area contributed by atoms with E-state index in [0.717, 1.165) is 33.4 Å². The standard InChI is InChI=1S/C24H28N4O3.C23H26N4O3/c1-14(2)25-23-20(22-26-18-9-7-8-10-19(18)27-22)21(29)24(3,4)28(23)15-11-16(30-5)13-17(12-15)31-6;1-6-24-22-19(21-25-17-9-7-8-10-18(17)26-21)20(28)23(2,3)27(22)14-11-15(29-4)13-16(12-14)30-5/h7-14,25H,1-6H3,(H,26,27);7-13,24H,6H2,1-5H3,(H,25,26). The Morgan fingerprint density at radius 2 is 0.984 bits per heavy atom. The van der Waals surface area contributed by atoms with Crippen LogP contribution in [-0.2, 0) is 9.59 Å². The minimum absolute atomic E-state index is 0.0145. The minimum atomic E-state index is -0.844. The predicted molar refractivity (Wildman–Crippen MR) is 240 cm³/mol. The van der Waals surface area contributed by atoms with E-state index in [2.05, 4.69) is 25.6 Å². The van der Waals surface area contributed by atoms with Crippen LogP contribution in [0.3, 0.4) is 0 Å². The van der Waals surface area contributed by atoms with E-state index in [4.69, 9.17) is 23.9 Å². The van der Waals surface area contributed by atoms with Crippen LogP contribution in [0.4, 0.5) is 11.4 Å². The summed E-state index contributed by atoms with van der Waals surface area (Å²) in [4.78, 5) is 47.4. The molecule has 14 nitrogen and oxygen atoms in total. The van der Waals surface area contributed by atoms with Gasteiger partial charge < -0.3 is 49.3 Å². The van der Waals surface area contributed by atoms with E-state index >= 15 is 0 Å². The molecule has 0 radical (unpaired) electrons. The van der Waals surface area contributed by atoms with Crippen molar-refractivity contribution in [2.45, 2.75) is 65.6 Å². The zero-order chi connectivity index (χ0) is 43.8. The van der Waals surface area contributed by atoms with Gasteiger partial charge in [-0.25, -0.2) is 9.97 Å². The number of aromatic amines is 2. The summed E-state index contributed by atoms with van der Waals surface area (Å²) in [6.07, 6.45) is 0. The van der Waals surface area contributed by atoms with Gasteiger partial charge in [-0.1, -0.05) is 24.3 Å². The molecule has 2 aliphatic rings. The molecule has 0 amide bonds. The Labute approximate surface area is 355 Å². The van der Waals surface area contributed by atoms with Crippen molar-refractivity contribution in [2.75, 3.05) is 44.8 Å². The summed E-state index contributed by atoms with van der Waals surface area (Å²) >= 11 is 0. The predicted octanol–water partition coefficient (Wildman–Crippen LogP) is 7.84. The number of nitrogens with one attached hydrogen (secondary N) is 4. The second kappa shape index (κ2) is 16.6. The van der Waals surface area contributed by atoms with Gasteiger partial charge >= 0.3 is 0 Å². The van der Waals surface area contributed by atoms with Gasteiger partial charge in [0.25, 0.3) is 0 Å². The van der Waals surface area contributed by atoms with Crippen LogP contribution in [0.1, 0.15) is 60.1 Å². The number of methoxy groups -OCH3 is 4. The fourth-order valence-electron chi connectivity index (χ4n) is 7.89. The summed E-state index contributed by atoms with van der Waals surface area (Å²) in [5, 5.41) is 6.88. The van der Waals surface area contributed by atoms with E-state index in [9.17, 15) is 9.59 Å². The molecule has 4 N–H and O–H groups in total. The summed E-state index contributed by atoms with van der Waals surface area (Å²) in [7, 11) is 6.45. The number of carbonyl (C=O) groups is 2. The molecule has 0 fully saturated rings. The molecule has 2 aliphatic heterocycles. The van der Waals surface area contributed by atoms with Crippen molar-refractivity contribution in [3.63, 3.8) is 0 Å². The first-order valence-corrected chi connectivity index (χ1v) is 20.2. The summed E-state index contributed by atoms with van der Waals surface area (Å²) < 4.78 is 21.8. The van der Waals surface area contributed by atoms with E-state index in [1.54, 1.807) is 28.4 Å². The van der Waals surface area contributed by atoms with E-state index < -0.39 is 11.1 Å². The normalized spacial score (nSPS) is 15.8. The average Bonchev–Trinajstić information content (AvgIpc) is 3.96. The molecule has 0 unspecified atom stereocenters. The first-order valence-electron chi connectivity index (χ1n) is 20.2. The zero-order valence-electron chi connectivity index (χ0n) is 36.6. The van der Waals surface area contributed by atoms with Crippen LogP contribution in [0, 0.1) is 0 Å². The first-order chi connectivity index (χ1) is 29.2. The van der Waals surface area contributed by atoms with Crippen molar-refractivity contribution in [3.05, 3.63) is 108 Å². The zero-order valence-corrected chi connectivity index (χ0v) is 36.6. The molecule has 2 aromatic heterocycles. The molecular formula is C47H54N8O6. The Balaban J connectivity index is 0.000000184. The third-order valence-electron chi connectivity index (χ3n) is 10.8. The van der Waals surface area contributed by atoms with Gasteiger partial charge in [0.2, 0.25) is 0 Å². The third kappa shape index (κ3) is 7.69. The van der Waals surface area contributed by atoms with Crippen LogP contribution < -0.4 is 39.4 Å². The van der Waals surface area contributed by atoms with Crippen molar-refractivity contribution in [2.24, 2.45) is 0 Å². The maximum atomic E-state index is 13.7. The summed E-state index contributed by atoms with van der Waals surface area (Å²) in [5.41, 5.74) is 4.42. The van der Waals surface area contributed by atoms with Gasteiger partial charge in [-0.2, -0.15) is 0 Å². The number of benzene rings is 4. The molecule has 0 aliphatic carbocycles. The average molecular weight is 827 g/mol. The Bertz CT molecular complexity index is 2580. The highest BCUT2D eigenvalue weighted by Crippen LogP contribution is 2.45. The third-order valence-corrected chi connectivity index (χ3v) is 10.8. The molecule has 0 saturated heterocycles. The smallest absolute Gasteiger partial charge is 0.195 e. The molecule has 0 saturated carbocycles. The van der Waals surface area contributed by atoms with Crippen LogP contribution >= 0.6 is 0 Å². The fraction of sp³-hybridized carbons (Fsp3) is 0.319. The van der Waals surface area contributed by atoms with Crippen molar-refractivity contribution in [1.82, 2.24) is 30.6 Å². The molecule has 61 heavy (non-hydrogen) atoms. The van der Waals surface area contributed by atoms with Crippen LogP contribution in [-0.4, -0.2) is 83.6 Å². The number of nitrogens with zero attached hydrogens (tertiary/aromatic N) is 4. The van der Waals surface area contributed by atoms with Crippen molar-refractivity contribution < 1.29 is 28.5 Å². The van der Waals surface area contributed by atoms with Crippen LogP contribution in [0.25, 0.3) is 33.2 Å². The van der Waals surface area contributed by atoms with Crippen LogP contribution in [0.15, 0.2) is 96.6 Å². The van der Waals surface area contributed by atoms with Gasteiger partial charge in [0.05, 0.1) is 61.9 Å². The summed E-state index contributed by atoms with van der Waals surface area (Å²) in [6.45, 7) is 14.4. The molecule has 0 bridgehead atoms. The molecule has 318 valence electrons. The number of carbonyl (C=O) groups excluding carboxylic acids is 2. The Kier molecular flexibility index (Phi) is 11.5. The maximum absolute atomic E-state index is 13.7. The number of hydrogen-bond acceptors (Lipinski definition) is 12. The SMILES string of the molecule is CCNC1=C(c2nc3ccccc3[nH]2)C(=O)C(C)(C)N1c1cc(OC)cc(OC)c1.COc1cc(OC)cc(N2C(NC(C)C)=C(c3nc4ccccc4[nH]3)C(=O)C2(C)C)c1. The van der Waals surface area contributed by atoms with Gasteiger partial charge in [0.1, 0.15) is 68.5 Å². The minimum Gasteiger partial charge on any atom is -0.497 e. The number of fused-ring (bicyclic) bond motifs is 2. The molecule has 6 aromatic rings. The van der Waals surface area contributed by atoms with Gasteiger partial charge in [-0.3, -0.25) is 9.59 Å². The first kappa shape index (κ1) is 42.2. The Morgan fingerprint density at radius 1 is 0.607 bits per heavy atom. The second-order valence-electron chi connectivity index (χ2n) is 16.1. The fourth-order valence-corrected chi connectivity index (χ4v) is 7.89. The summed E-state index contributed by atoms with van der Waals surface area (Å²) in [6, 6.07) is 26.9. The van der Waals surface area contributed by atoms with E-state index in [1.165, 1.54) is 0 Å². The molecule has 4 aromatic carbocycles. The van der Waals surface area contributed by atoms with Crippen molar-refractivity contribution in [1.29, 1.82) is 0 Å². The molecule has 4 heterocycles. The van der Waals surface area contributed by atoms with Gasteiger partial charge in [0.15, 0.2) is 11.6 Å². The monoisotopic (exact) mass is 826 g/mol. The molecule has 0 spiro atoms. The number of anilines is 2. The Hall–Kier alpha value is -6.96. The second-order valence-corrected chi connectivity index (χ2v) is 16.1. The van der Waals surface area contributed by atoms with Gasteiger partial charge in [-0.15, -0.1) is 0 Å². The van der Waals surface area contributed by atoms with Gasteiger partial charge in [0, 0.05) is 49.0 Å². The van der Waals surface area contributed by atoms with E-state index in [-0.39, 0.29) is 17.6 Å². The van der Waals surface area contributed by atoms with E-state index in [0.29, 0.717) is 64.0 Å². The lowest BCUT2D eigenvalue weighted by Gasteiger charge is -2.35. The topological polar surface area (TPSA) is 159 Å². The number of rotatable bonds is 12. The number of ketones is 2. The highest BCUT2D eigenvalue weighted by Gasteiger charge is 2.50. The number of Topliss-reactive ketones (excluding diaryl/α,β-unsaturated/α-hetero) is 2. The highest BCUT2D eigenvalue weighted by atomic mass is 16.5. The number of H-pyrrole nitrogens is 2. The van der Waals surface area contributed by atoms with Crippen LogP contribution in [0.2, 0.25) is 0 Å². The molecular weight excluding hydrogens is 773 g/mol. The lowest BCUT2D eigenvalue weighted by atomic mass is 9.95. The molecule has 8 rings (SSSR count). The maximum Gasteiger partial charge on any atom is 0.195 e. The summed E-state index contributed by atoms with van der Waals surface area (Å²) in [5.74, 6) is 5.11. The largest absolute Gasteiger partial charge is 0.497 e. The lowest BCUT2D eigenvalue weighted by molar-refractivity contribution is -0.117. The van der Waals surface area contributed by atoms with Crippen molar-refractivity contribution >= 4 is 56.2 Å². The number of hydrogen-bond donors (Lipinski definition) is 4. The number of aromatic nitrogens is 4. The molecule has 14 heteroatoms. The van der Waals surface area contributed by atoms with Gasteiger partial charge in [-0.05, 0) is 72.7 Å². The van der Waals surface area contributed by atoms with Crippen LogP contribution in [0.5, 0.6) is 23.0 Å². The Morgan fingerprint density at radius 3 is 1.34 bits per heavy atom. The molecule has 0 atom stereocenters. The quantitative estimate of drug-likeness (QED) is 0.0949. The number of ether oxygens (including phenoxy) is 4. The number of para-hydroxylation sites is 4. The van der Waals surface area contributed by atoms with Crippen molar-refractivity contribution in [3.8, 4) is 23.0 Å². The van der Waals surface area contributed by atoms with E-state index in [1.807, 2.05) is 143 Å².